The van der Waals surface area contributed by atoms with Crippen LogP contribution >= 0.6 is 15.8 Å². The summed E-state index contributed by atoms with van der Waals surface area (Å²) in [5.74, 6) is 0.839. The van der Waals surface area contributed by atoms with E-state index in [2.05, 4.69) is 109 Å². The summed E-state index contributed by atoms with van der Waals surface area (Å²) in [7, 11) is -0.404. The quantitative estimate of drug-likeness (QED) is 0.256. The van der Waals surface area contributed by atoms with E-state index < -0.39 is 0 Å². The van der Waals surface area contributed by atoms with E-state index in [9.17, 15) is 0 Å². The fraction of sp³-hybridized carbons (Fsp3) is 0.625. The van der Waals surface area contributed by atoms with Gasteiger partial charge in [-0.25, -0.2) is 0 Å². The van der Waals surface area contributed by atoms with Crippen LogP contribution in [0.3, 0.4) is 0 Å². The molecule has 0 bridgehead atoms. The predicted octanol–water partition coefficient (Wildman–Crippen LogP) is 9.70. The Kier molecular flexibility index (Phi) is 12.5. The van der Waals surface area contributed by atoms with Gasteiger partial charge in [0.25, 0.3) is 0 Å². The molecule has 0 N–H and O–H groups in total. The minimum Gasteiger partial charge on any atom is -0.0924 e. The maximum absolute atomic E-state index is 2.61. The third kappa shape index (κ3) is 8.68. The minimum atomic E-state index is -0.310. The summed E-state index contributed by atoms with van der Waals surface area (Å²) in [5, 5.41) is 3.91. The van der Waals surface area contributed by atoms with E-state index in [-0.39, 0.29) is 32.9 Å². The van der Waals surface area contributed by atoms with Gasteiger partial charge in [0.15, 0.2) is 0 Å². The van der Waals surface area contributed by atoms with Crippen LogP contribution < -0.4 is 10.6 Å². The zero-order valence-electron chi connectivity index (χ0n) is 23.4. The zero-order valence-corrected chi connectivity index (χ0v) is 26.3. The van der Waals surface area contributed by atoms with Crippen molar-refractivity contribution in [1.29, 1.82) is 0 Å². The summed E-state index contributed by atoms with van der Waals surface area (Å²) in [6.45, 7) is 17.5. The van der Waals surface area contributed by atoms with Crippen molar-refractivity contribution in [2.75, 3.05) is 0 Å². The number of hydrogen-bond donors (Lipinski definition) is 0. The van der Waals surface area contributed by atoms with Gasteiger partial charge in [0, 0.05) is 17.1 Å². The average molecular weight is 553 g/mol. The van der Waals surface area contributed by atoms with Crippen molar-refractivity contribution in [3.8, 4) is 0 Å². The Balaban J connectivity index is 0.000000640. The van der Waals surface area contributed by atoms with Gasteiger partial charge in [-0.1, -0.05) is 156 Å². The van der Waals surface area contributed by atoms with Crippen LogP contribution in [0.2, 0.25) is 0 Å². The molecule has 0 saturated heterocycles. The summed E-state index contributed by atoms with van der Waals surface area (Å²) in [6, 6.07) is 22.8. The van der Waals surface area contributed by atoms with Crippen LogP contribution in [-0.2, 0) is 17.1 Å². The molecule has 2 aromatic rings. The molecule has 35 heavy (non-hydrogen) atoms. The summed E-state index contributed by atoms with van der Waals surface area (Å²) in [4.78, 5) is 0. The van der Waals surface area contributed by atoms with Crippen molar-refractivity contribution in [2.45, 2.75) is 121 Å². The fourth-order valence-corrected chi connectivity index (χ4v) is 15.5. The molecule has 2 fully saturated rings. The average Bonchev–Trinajstić information content (AvgIpc) is 3.49. The van der Waals surface area contributed by atoms with Crippen molar-refractivity contribution in [1.82, 2.24) is 0 Å². The van der Waals surface area contributed by atoms with Gasteiger partial charge in [0.2, 0.25) is 0 Å². The third-order valence-electron chi connectivity index (χ3n) is 7.65. The molecular weight excluding hydrogens is 502 g/mol. The Bertz CT molecular complexity index is 772. The molecule has 4 rings (SSSR count). The van der Waals surface area contributed by atoms with Crippen LogP contribution in [0, 0.1) is 5.92 Å². The van der Waals surface area contributed by atoms with E-state index in [1.54, 1.807) is 10.6 Å². The predicted molar refractivity (Wildman–Crippen MR) is 159 cm³/mol. The maximum atomic E-state index is 2.61. The second-order valence-electron chi connectivity index (χ2n) is 12.4. The van der Waals surface area contributed by atoms with Crippen LogP contribution in [0.15, 0.2) is 60.7 Å². The van der Waals surface area contributed by atoms with Gasteiger partial charge >= 0.3 is 0 Å². The Labute approximate surface area is 230 Å². The molecule has 0 aliphatic heterocycles. The van der Waals surface area contributed by atoms with Gasteiger partial charge in [-0.05, 0) is 58.9 Å². The van der Waals surface area contributed by atoms with Gasteiger partial charge in [0.05, 0.1) is 0 Å². The van der Waals surface area contributed by atoms with E-state index in [0.29, 0.717) is 10.3 Å². The molecular formula is C32H50FeP2. The van der Waals surface area contributed by atoms with E-state index >= 15 is 0 Å². The summed E-state index contributed by atoms with van der Waals surface area (Å²) in [6.07, 6.45) is 11.7. The Morgan fingerprint density at radius 2 is 1.03 bits per heavy atom. The van der Waals surface area contributed by atoms with Crippen LogP contribution in [-0.4, -0.2) is 21.6 Å². The monoisotopic (exact) mass is 552 g/mol. The smallest absolute Gasteiger partial charge is 0 e. The molecule has 0 spiro atoms. The molecule has 2 saturated carbocycles. The first-order valence-electron chi connectivity index (χ1n) is 13.8. The van der Waals surface area contributed by atoms with Crippen molar-refractivity contribution in [3.05, 3.63) is 60.7 Å². The molecule has 2 aliphatic rings. The van der Waals surface area contributed by atoms with Crippen molar-refractivity contribution >= 4 is 26.5 Å². The molecule has 0 heterocycles. The maximum Gasteiger partial charge on any atom is 0 e. The van der Waals surface area contributed by atoms with Gasteiger partial charge in [-0.2, -0.15) is 0 Å². The minimum absolute atomic E-state index is 0. The van der Waals surface area contributed by atoms with Gasteiger partial charge < -0.3 is 0 Å². The number of benzene rings is 2. The van der Waals surface area contributed by atoms with E-state index in [4.69, 9.17) is 0 Å². The number of rotatable bonds is 5. The van der Waals surface area contributed by atoms with E-state index in [1.807, 2.05) is 0 Å². The Morgan fingerprint density at radius 1 is 0.629 bits per heavy atom. The van der Waals surface area contributed by atoms with Crippen molar-refractivity contribution < 1.29 is 17.1 Å². The van der Waals surface area contributed by atoms with Gasteiger partial charge in [-0.15, -0.1) is 0 Å². The molecule has 3 heteroatoms. The molecule has 0 amide bonds. The first-order valence-corrected chi connectivity index (χ1v) is 16.6. The standard InChI is InChI=1S/C27H40P2.C5H10.Fe/c1-21(29(26(2,3)4)27(5,6)7)24-19-14-20-25(24)28(22-15-10-8-11-16-22)23-17-12-9-13-18-23;1-2-4-5-3-1;/h8-13,15-18,21,24-25H,14,19-20H2,1-7H3;1-5H2;/t21-,24?,25?;;/m1../s1. The Morgan fingerprint density at radius 3 is 1.40 bits per heavy atom. The normalized spacial score (nSPS) is 21.4. The summed E-state index contributed by atoms with van der Waals surface area (Å²) in [5.41, 5.74) is 1.61. The molecule has 196 valence electrons. The molecule has 2 aromatic carbocycles. The summed E-state index contributed by atoms with van der Waals surface area (Å²) < 4.78 is 0. The van der Waals surface area contributed by atoms with Crippen LogP contribution in [0.1, 0.15) is 99.8 Å². The molecule has 0 aromatic heterocycles. The Hall–Kier alpha value is -0.181. The first-order chi connectivity index (χ1) is 16.1. The van der Waals surface area contributed by atoms with Crippen LogP contribution in [0.25, 0.3) is 0 Å². The third-order valence-corrected chi connectivity index (χ3v) is 14.8. The SMILES string of the molecule is C1CCCC1.C[C@H](C1CCCC1P(c1ccccc1)c1ccccc1)P(C(C)(C)C)C(C)(C)C.[Fe]. The second-order valence-corrected chi connectivity index (χ2v) is 19.1. The van der Waals surface area contributed by atoms with Crippen molar-refractivity contribution in [2.24, 2.45) is 5.92 Å². The first kappa shape index (κ1) is 31.0. The molecule has 2 unspecified atom stereocenters. The van der Waals surface area contributed by atoms with Crippen LogP contribution in [0.5, 0.6) is 0 Å². The second kappa shape index (κ2) is 14.1. The fourth-order valence-electron chi connectivity index (χ4n) is 6.87. The molecule has 0 radical (unpaired) electrons. The zero-order chi connectivity index (χ0) is 24.8. The summed E-state index contributed by atoms with van der Waals surface area (Å²) >= 11 is 0. The molecule has 0 nitrogen and oxygen atoms in total. The van der Waals surface area contributed by atoms with Gasteiger partial charge in [-0.3, -0.25) is 0 Å². The van der Waals surface area contributed by atoms with Crippen LogP contribution in [0.4, 0.5) is 0 Å². The van der Waals surface area contributed by atoms with E-state index in [0.717, 1.165) is 17.2 Å². The van der Waals surface area contributed by atoms with Crippen molar-refractivity contribution in [3.63, 3.8) is 0 Å². The van der Waals surface area contributed by atoms with E-state index in [1.165, 1.54) is 51.4 Å². The number of hydrogen-bond acceptors (Lipinski definition) is 0. The molecule has 3 atom stereocenters. The largest absolute Gasteiger partial charge is 0.0924 e. The van der Waals surface area contributed by atoms with Gasteiger partial charge in [0.1, 0.15) is 0 Å². The molecule has 2 aliphatic carbocycles. The topological polar surface area (TPSA) is 0 Å².